The van der Waals surface area contributed by atoms with Crippen LogP contribution in [-0.4, -0.2) is 13.3 Å². The highest BCUT2D eigenvalue weighted by molar-refractivity contribution is 7.67. The van der Waals surface area contributed by atoms with Gasteiger partial charge >= 0.3 is 0 Å². The Morgan fingerprint density at radius 1 is 1.67 bits per heavy atom. The number of hydrogen-bond donors (Lipinski definition) is 0. The van der Waals surface area contributed by atoms with Gasteiger partial charge in [-0.15, -0.1) is 0 Å². The molecule has 3 heteroatoms. The van der Waals surface area contributed by atoms with Crippen molar-refractivity contribution in [2.45, 2.75) is 0 Å². The maximum atomic E-state index is 10.2. The third kappa shape index (κ3) is 3.72. The Kier molecular flexibility index (Phi) is 1.38. The van der Waals surface area contributed by atoms with Crippen molar-refractivity contribution in [2.24, 2.45) is 0 Å². The lowest BCUT2D eigenvalue weighted by molar-refractivity contribution is 0.588. The number of nitrogens with zero attached hydrogens (tertiary/aromatic N) is 1. The summed E-state index contributed by atoms with van der Waals surface area (Å²) in [4.78, 5) is 0. The van der Waals surface area contributed by atoms with Crippen LogP contribution in [0.5, 0.6) is 0 Å². The minimum Gasteiger partial charge on any atom is -0.308 e. The van der Waals surface area contributed by atoms with Crippen LogP contribution in [0.1, 0.15) is 0 Å². The molecule has 0 unspecified atom stereocenters. The molecule has 0 amide bonds. The normalized spacial score (nSPS) is 10.2. The average Bonchev–Trinajstić information content (AvgIpc) is 1.35. The van der Waals surface area contributed by atoms with Gasteiger partial charge in [-0.1, -0.05) is 0 Å². The number of rotatable bonds is 0. The third-order valence-electron chi connectivity index (χ3n) is 0.241. The number of hydrogen-bond acceptors (Lipinski definition) is 2. The predicted molar refractivity (Wildman–Crippen MR) is 25.1 cm³/mol. The van der Waals surface area contributed by atoms with E-state index < -0.39 is 7.14 Å². The van der Waals surface area contributed by atoms with Crippen molar-refractivity contribution < 1.29 is 4.57 Å². The first kappa shape index (κ1) is 5.72. The standard InChI is InChI=1S/C3H6NOP/c1-6(2,5)3-4/h1-2H3. The lowest BCUT2D eigenvalue weighted by Crippen LogP contribution is -1.61. The summed E-state index contributed by atoms with van der Waals surface area (Å²) < 4.78 is 10.2. The predicted octanol–water partition coefficient (Wildman–Crippen LogP) is 1.09. The van der Waals surface area contributed by atoms with Crippen LogP contribution in [0, 0.1) is 11.1 Å². The van der Waals surface area contributed by atoms with Crippen molar-refractivity contribution in [3.8, 4) is 5.81 Å². The second-order valence-corrected chi connectivity index (χ2v) is 4.35. The van der Waals surface area contributed by atoms with Crippen LogP contribution in [0.15, 0.2) is 0 Å². The molecule has 0 fully saturated rings. The van der Waals surface area contributed by atoms with Crippen LogP contribution < -0.4 is 0 Å². The summed E-state index contributed by atoms with van der Waals surface area (Å²) in [6.45, 7) is 2.88. The Morgan fingerprint density at radius 3 is 1.83 bits per heavy atom. The first-order valence-electron chi connectivity index (χ1n) is 1.52. The molecule has 0 bridgehead atoms. The smallest absolute Gasteiger partial charge is 0.175 e. The summed E-state index contributed by atoms with van der Waals surface area (Å²) in [5, 5.41) is 7.89. The minimum absolute atomic E-state index is 1.44. The molecule has 0 aromatic heterocycles. The molecule has 2 nitrogen and oxygen atoms in total. The van der Waals surface area contributed by atoms with Gasteiger partial charge in [0.25, 0.3) is 0 Å². The van der Waals surface area contributed by atoms with Crippen molar-refractivity contribution in [1.82, 2.24) is 0 Å². The lowest BCUT2D eigenvalue weighted by atomic mass is 11.8. The van der Waals surface area contributed by atoms with Gasteiger partial charge in [0.2, 0.25) is 0 Å². The summed E-state index contributed by atoms with van der Waals surface area (Å²) in [6, 6.07) is 0. The molecule has 0 aromatic carbocycles. The van der Waals surface area contributed by atoms with E-state index in [-0.39, 0.29) is 0 Å². The summed E-state index contributed by atoms with van der Waals surface area (Å²) in [6.07, 6.45) is 0. The van der Waals surface area contributed by atoms with E-state index in [9.17, 15) is 4.57 Å². The molecule has 0 aliphatic rings. The van der Waals surface area contributed by atoms with Gasteiger partial charge in [-0.2, -0.15) is 5.26 Å². The van der Waals surface area contributed by atoms with Gasteiger partial charge in [0.1, 0.15) is 5.81 Å². The van der Waals surface area contributed by atoms with Gasteiger partial charge in [0.05, 0.1) is 0 Å². The Bertz CT molecular complexity index is 117. The molecule has 34 valence electrons. The van der Waals surface area contributed by atoms with Crippen LogP contribution in [-0.2, 0) is 4.57 Å². The molecule has 0 spiro atoms. The molecule has 0 atom stereocenters. The average molecular weight is 103 g/mol. The van der Waals surface area contributed by atoms with Gasteiger partial charge in [-0.3, -0.25) is 0 Å². The molecule has 0 aliphatic carbocycles. The zero-order valence-corrected chi connectivity index (χ0v) is 4.70. The highest BCUT2D eigenvalue weighted by atomic mass is 31.2. The van der Waals surface area contributed by atoms with Crippen LogP contribution in [0.2, 0.25) is 0 Å². The molecule has 0 rings (SSSR count). The molecule has 0 heterocycles. The summed E-state index contributed by atoms with van der Waals surface area (Å²) in [5.41, 5.74) is 0. The molecule has 0 aromatic rings. The molecule has 0 N–H and O–H groups in total. The van der Waals surface area contributed by atoms with E-state index in [1.165, 1.54) is 13.3 Å². The fourth-order valence-electron chi connectivity index (χ4n) is 0. The van der Waals surface area contributed by atoms with Gasteiger partial charge in [0.15, 0.2) is 7.14 Å². The van der Waals surface area contributed by atoms with Crippen molar-refractivity contribution in [3.63, 3.8) is 0 Å². The van der Waals surface area contributed by atoms with Crippen molar-refractivity contribution in [2.75, 3.05) is 13.3 Å². The summed E-state index contributed by atoms with van der Waals surface area (Å²) >= 11 is 0. The molecular formula is C3H6NOP. The molecule has 0 saturated carbocycles. The van der Waals surface area contributed by atoms with Crippen LogP contribution in [0.4, 0.5) is 0 Å². The maximum Gasteiger partial charge on any atom is 0.175 e. The van der Waals surface area contributed by atoms with E-state index >= 15 is 0 Å². The van der Waals surface area contributed by atoms with E-state index in [1.54, 1.807) is 5.81 Å². The third-order valence-corrected chi connectivity index (χ3v) is 0.722. The second kappa shape index (κ2) is 1.45. The molecule has 0 saturated heterocycles. The van der Waals surface area contributed by atoms with Crippen molar-refractivity contribution in [1.29, 1.82) is 5.26 Å². The molecular weight excluding hydrogens is 97.0 g/mol. The molecule has 6 heavy (non-hydrogen) atoms. The lowest BCUT2D eigenvalue weighted by Gasteiger charge is -1.82. The Hall–Kier alpha value is -0.280. The maximum absolute atomic E-state index is 10.2. The van der Waals surface area contributed by atoms with E-state index in [0.29, 0.717) is 0 Å². The van der Waals surface area contributed by atoms with Crippen molar-refractivity contribution >= 4 is 7.14 Å². The number of nitriles is 1. The monoisotopic (exact) mass is 103 g/mol. The Morgan fingerprint density at radius 2 is 1.83 bits per heavy atom. The SMILES string of the molecule is CP(C)(=O)C#N. The largest absolute Gasteiger partial charge is 0.308 e. The Balaban J connectivity index is 3.94. The molecule has 0 aliphatic heterocycles. The van der Waals surface area contributed by atoms with Crippen LogP contribution in [0.25, 0.3) is 0 Å². The zero-order chi connectivity index (χ0) is 5.21. The topological polar surface area (TPSA) is 40.9 Å². The highest BCUT2D eigenvalue weighted by Crippen LogP contribution is 2.32. The Labute approximate surface area is 37.2 Å². The van der Waals surface area contributed by atoms with Crippen molar-refractivity contribution in [3.05, 3.63) is 0 Å². The summed E-state index contributed by atoms with van der Waals surface area (Å²) in [7, 11) is -2.34. The fourth-order valence-corrected chi connectivity index (χ4v) is 0. The van der Waals surface area contributed by atoms with E-state index in [2.05, 4.69) is 0 Å². The van der Waals surface area contributed by atoms with Crippen LogP contribution >= 0.6 is 7.14 Å². The van der Waals surface area contributed by atoms with Gasteiger partial charge in [0, 0.05) is 13.3 Å². The zero-order valence-electron chi connectivity index (χ0n) is 3.80. The first-order chi connectivity index (χ1) is 2.56. The van der Waals surface area contributed by atoms with E-state index in [0.717, 1.165) is 0 Å². The van der Waals surface area contributed by atoms with E-state index in [4.69, 9.17) is 5.26 Å². The summed E-state index contributed by atoms with van der Waals surface area (Å²) in [5.74, 6) is 1.66. The van der Waals surface area contributed by atoms with Crippen LogP contribution in [0.3, 0.4) is 0 Å². The minimum atomic E-state index is -2.34. The quantitative estimate of drug-likeness (QED) is 0.430. The van der Waals surface area contributed by atoms with Gasteiger partial charge < -0.3 is 4.57 Å². The van der Waals surface area contributed by atoms with Gasteiger partial charge in [-0.25, -0.2) is 0 Å². The fraction of sp³-hybridized carbons (Fsp3) is 0.667. The second-order valence-electron chi connectivity index (χ2n) is 1.45. The highest BCUT2D eigenvalue weighted by Gasteiger charge is 1.99. The molecule has 0 radical (unpaired) electrons. The van der Waals surface area contributed by atoms with Gasteiger partial charge in [-0.05, 0) is 0 Å². The first-order valence-corrected chi connectivity index (χ1v) is 4.13. The van der Waals surface area contributed by atoms with E-state index in [1.807, 2.05) is 0 Å².